The van der Waals surface area contributed by atoms with E-state index in [4.69, 9.17) is 18.9 Å². The summed E-state index contributed by atoms with van der Waals surface area (Å²) >= 11 is 0. The van der Waals surface area contributed by atoms with Crippen molar-refractivity contribution in [2.24, 2.45) is 5.92 Å². The van der Waals surface area contributed by atoms with Crippen molar-refractivity contribution in [2.75, 3.05) is 27.5 Å². The summed E-state index contributed by atoms with van der Waals surface area (Å²) in [5, 5.41) is 47.0. The average molecular weight is 784 g/mol. The maximum atomic E-state index is 14.0. The average Bonchev–Trinajstić information content (AvgIpc) is 3.55. The second-order valence-electron chi connectivity index (χ2n) is 14.3. The molecule has 298 valence electrons. The number of phenols is 2. The van der Waals surface area contributed by atoms with E-state index in [9.17, 15) is 44.0 Å². The number of hydrogen-bond acceptors (Lipinski definition) is 12. The number of carbonyl (C=O) groups is 4. The number of halogens is 1. The summed E-state index contributed by atoms with van der Waals surface area (Å²) in [5.74, 6) is -4.17. The number of aliphatic hydroxyl groups is 2. The van der Waals surface area contributed by atoms with Crippen LogP contribution in [-0.2, 0) is 25.4 Å². The highest BCUT2D eigenvalue weighted by molar-refractivity contribution is 6.31. The number of ether oxygens (including phenoxy) is 4. The lowest BCUT2D eigenvalue weighted by atomic mass is 9.73. The maximum absolute atomic E-state index is 14.0. The van der Waals surface area contributed by atoms with Crippen LogP contribution >= 0.6 is 0 Å². The number of benzene rings is 4. The van der Waals surface area contributed by atoms with Crippen molar-refractivity contribution in [3.63, 3.8) is 0 Å². The molecule has 4 aliphatic rings. The fourth-order valence-corrected chi connectivity index (χ4v) is 8.63. The Hall–Kier alpha value is -5.67. The Kier molecular flexibility index (Phi) is 11.1. The van der Waals surface area contributed by atoms with Crippen LogP contribution in [0.5, 0.6) is 17.2 Å². The molecule has 6 atom stereocenters. The van der Waals surface area contributed by atoms with Gasteiger partial charge in [-0.05, 0) is 48.1 Å². The van der Waals surface area contributed by atoms with Crippen LogP contribution in [0.4, 0.5) is 9.18 Å². The Labute approximate surface area is 327 Å². The topological polar surface area (TPSA) is 198 Å². The summed E-state index contributed by atoms with van der Waals surface area (Å²) < 4.78 is 32.9. The molecule has 3 aliphatic carbocycles. The second-order valence-corrected chi connectivity index (χ2v) is 14.3. The quantitative estimate of drug-likeness (QED) is 0.132. The molecule has 13 nitrogen and oxygen atoms in total. The fraction of sp³-hybridized carbons (Fsp3) is 0.349. The van der Waals surface area contributed by atoms with Crippen LogP contribution in [0.1, 0.15) is 85.9 Å². The van der Waals surface area contributed by atoms with Gasteiger partial charge in [-0.2, -0.15) is 0 Å². The molecule has 0 aromatic heterocycles. The van der Waals surface area contributed by atoms with E-state index in [-0.39, 0.29) is 59.8 Å². The van der Waals surface area contributed by atoms with Gasteiger partial charge in [-0.3, -0.25) is 18.8 Å². The van der Waals surface area contributed by atoms with Gasteiger partial charge >= 0.3 is 6.09 Å². The number of nitrogens with one attached hydrogen (secondary N) is 1. The van der Waals surface area contributed by atoms with E-state index in [2.05, 4.69) is 5.32 Å². The smallest absolute Gasteiger partial charge is 0.407 e. The summed E-state index contributed by atoms with van der Waals surface area (Å²) in [4.78, 5) is 53.9. The first kappa shape index (κ1) is 39.6. The molecule has 1 heterocycles. The zero-order chi connectivity index (χ0) is 40.7. The lowest BCUT2D eigenvalue weighted by Gasteiger charge is -2.41. The van der Waals surface area contributed by atoms with E-state index in [1.54, 1.807) is 6.92 Å². The van der Waals surface area contributed by atoms with Crippen molar-refractivity contribution in [3.05, 3.63) is 111 Å². The van der Waals surface area contributed by atoms with Crippen molar-refractivity contribution >= 4 is 23.4 Å². The first-order chi connectivity index (χ1) is 27.5. The van der Waals surface area contributed by atoms with E-state index in [1.165, 1.54) is 25.3 Å². The largest absolute Gasteiger partial charge is 0.507 e. The Morgan fingerprint density at radius 3 is 2.14 bits per heavy atom. The highest BCUT2D eigenvalue weighted by Crippen LogP contribution is 2.52. The van der Waals surface area contributed by atoms with Crippen LogP contribution < -0.4 is 10.1 Å². The molecule has 4 aromatic carbocycles. The number of carbonyl (C=O) groups excluding carboxylic acids is 4. The minimum atomic E-state index is -1.19. The monoisotopic (exact) mass is 783 g/mol. The molecular weight excluding hydrogens is 741 g/mol. The number of phenolic OH excluding ortho intramolecular Hbond substituents is 2. The van der Waals surface area contributed by atoms with Crippen LogP contribution in [0.2, 0.25) is 0 Å². The normalized spacial score (nSPS) is 23.1. The number of alkyl carbamates (subject to hydrolysis) is 1. The number of methoxy groups -OCH3 is 1. The Balaban J connectivity index is 0.00000244. The lowest BCUT2D eigenvalue weighted by molar-refractivity contribution is -0.245. The summed E-state index contributed by atoms with van der Waals surface area (Å²) in [6.07, 6.45) is -5.42. The summed E-state index contributed by atoms with van der Waals surface area (Å²) in [6, 6.07) is 19.4. The van der Waals surface area contributed by atoms with E-state index in [0.717, 1.165) is 22.3 Å². The standard InChI is InChI=1S/C42H39NO12.CH3F/c1-19-37(46)28(43-42(51)53-18-27-23-10-5-3-8-21(23)22-9-4-6-11-24(22)27)16-32(54-19)55-31-15-20(29(45)17-44)14-26-34(31)41(50)36-35(39(26)48)38(47)25-12-7-13-30(52-2)33(25)40(36)49;1-2/h3-13,19-20,27-28,31-32,37,44,46,48,50H,14-18H2,1-2H3,(H,43,51);1H3/t19?,20-,28?,31?,32?,37?;/m1./s1. The van der Waals surface area contributed by atoms with Gasteiger partial charge in [0.2, 0.25) is 5.78 Å². The van der Waals surface area contributed by atoms with Gasteiger partial charge in [-0.15, -0.1) is 0 Å². The number of alkyl halides is 1. The van der Waals surface area contributed by atoms with Crippen LogP contribution in [0.25, 0.3) is 11.1 Å². The van der Waals surface area contributed by atoms with Gasteiger partial charge in [0.25, 0.3) is 0 Å². The highest BCUT2D eigenvalue weighted by atomic mass is 19.1. The predicted octanol–water partition coefficient (Wildman–Crippen LogP) is 5.05. The van der Waals surface area contributed by atoms with Crippen LogP contribution in [0.3, 0.4) is 0 Å². The van der Waals surface area contributed by atoms with Crippen molar-refractivity contribution in [3.8, 4) is 28.4 Å². The zero-order valence-electron chi connectivity index (χ0n) is 31.4. The molecular formula is C43H42FNO12. The maximum Gasteiger partial charge on any atom is 0.407 e. The van der Waals surface area contributed by atoms with Crippen LogP contribution in [0.15, 0.2) is 66.7 Å². The third-order valence-corrected chi connectivity index (χ3v) is 11.3. The molecule has 1 saturated heterocycles. The number of Topliss-reactive ketones (excluding diaryl/α,β-unsaturated/α-hetero) is 1. The van der Waals surface area contributed by atoms with Gasteiger partial charge in [0.05, 0.1) is 49.2 Å². The number of rotatable bonds is 8. The van der Waals surface area contributed by atoms with Gasteiger partial charge < -0.3 is 44.7 Å². The lowest BCUT2D eigenvalue weighted by Crippen LogP contribution is -2.55. The van der Waals surface area contributed by atoms with Crippen molar-refractivity contribution in [2.45, 2.75) is 62.7 Å². The van der Waals surface area contributed by atoms with Crippen molar-refractivity contribution < 1.29 is 62.9 Å². The number of hydrogen-bond donors (Lipinski definition) is 5. The Morgan fingerprint density at radius 2 is 1.49 bits per heavy atom. The molecule has 0 radical (unpaired) electrons. The van der Waals surface area contributed by atoms with Gasteiger partial charge in [-0.25, -0.2) is 4.79 Å². The number of fused-ring (bicyclic) bond motifs is 6. The van der Waals surface area contributed by atoms with E-state index in [0.29, 0.717) is 7.18 Å². The molecule has 5 unspecified atom stereocenters. The molecule has 14 heteroatoms. The highest BCUT2D eigenvalue weighted by Gasteiger charge is 2.46. The SMILES string of the molecule is CF.COc1cccc2c1C(=O)c1c(O)c3c(c(O)c1C2=O)C[C@@H](C(=O)CO)CC3OC1CC(NC(=O)OCC2c3ccccc3-c3ccccc32)C(O)C(C)O1. The van der Waals surface area contributed by atoms with Gasteiger partial charge in [0.1, 0.15) is 36.6 Å². The number of aliphatic hydroxyl groups excluding tert-OH is 2. The fourth-order valence-electron chi connectivity index (χ4n) is 8.63. The molecule has 8 rings (SSSR count). The van der Waals surface area contributed by atoms with Crippen molar-refractivity contribution in [1.29, 1.82) is 0 Å². The van der Waals surface area contributed by atoms with Crippen LogP contribution in [0, 0.1) is 5.92 Å². The predicted molar refractivity (Wildman–Crippen MR) is 201 cm³/mol. The first-order valence-electron chi connectivity index (χ1n) is 18.5. The van der Waals surface area contributed by atoms with Gasteiger partial charge in [-0.1, -0.05) is 60.7 Å². The number of ketones is 3. The Bertz CT molecular complexity index is 2210. The molecule has 1 aliphatic heterocycles. The molecule has 57 heavy (non-hydrogen) atoms. The number of aromatic hydroxyl groups is 2. The van der Waals surface area contributed by atoms with Gasteiger partial charge in [0.15, 0.2) is 17.9 Å². The third-order valence-electron chi connectivity index (χ3n) is 11.3. The first-order valence-corrected chi connectivity index (χ1v) is 18.5. The van der Waals surface area contributed by atoms with E-state index < -0.39 is 89.2 Å². The van der Waals surface area contributed by atoms with E-state index in [1.807, 2.05) is 48.5 Å². The van der Waals surface area contributed by atoms with E-state index >= 15 is 0 Å². The molecule has 1 fully saturated rings. The molecule has 1 amide bonds. The summed E-state index contributed by atoms with van der Waals surface area (Å²) in [5.41, 5.74) is 3.32. The molecule has 4 aromatic rings. The second kappa shape index (κ2) is 16.1. The van der Waals surface area contributed by atoms with Crippen LogP contribution in [-0.4, -0.2) is 95.9 Å². The molecule has 0 bridgehead atoms. The molecule has 5 N–H and O–H groups in total. The summed E-state index contributed by atoms with van der Waals surface area (Å²) in [6.45, 7) is 0.844. The Morgan fingerprint density at radius 1 is 0.860 bits per heavy atom. The molecule has 0 saturated carbocycles. The van der Waals surface area contributed by atoms with Gasteiger partial charge in [0, 0.05) is 34.9 Å². The molecule has 0 spiro atoms. The van der Waals surface area contributed by atoms with Crippen molar-refractivity contribution in [1.82, 2.24) is 5.32 Å². The number of amides is 1. The third kappa shape index (κ3) is 6.82. The zero-order valence-corrected chi connectivity index (χ0v) is 31.4. The minimum absolute atomic E-state index is 0.0128. The summed E-state index contributed by atoms with van der Waals surface area (Å²) in [7, 11) is 1.84. The minimum Gasteiger partial charge on any atom is -0.507 e.